The maximum atomic E-state index is 10.2. The van der Waals surface area contributed by atoms with Gasteiger partial charge in [0.15, 0.2) is 0 Å². The molecule has 3 unspecified atom stereocenters. The average molecular weight is 283 g/mol. The molecule has 0 saturated carbocycles. The van der Waals surface area contributed by atoms with Gasteiger partial charge in [0, 0.05) is 23.7 Å². The molecule has 3 atom stereocenters. The molecule has 1 aliphatic rings. The number of hydrogen-bond donors (Lipinski definition) is 2. The molecular weight excluding hydrogens is 260 g/mol. The molecule has 1 heterocycles. The van der Waals surface area contributed by atoms with E-state index in [9.17, 15) is 5.11 Å². The Hall–Kier alpha value is -0.610. The van der Waals surface area contributed by atoms with Gasteiger partial charge in [-0.3, -0.25) is 5.43 Å². The number of hydrogen-bond acceptors (Lipinski definition) is 3. The number of benzene rings is 1. The first-order valence-electron chi connectivity index (χ1n) is 7.03. The van der Waals surface area contributed by atoms with Crippen molar-refractivity contribution >= 4 is 11.6 Å². The van der Waals surface area contributed by atoms with Crippen molar-refractivity contribution in [3.8, 4) is 0 Å². The molecule has 0 bridgehead atoms. The van der Waals surface area contributed by atoms with Gasteiger partial charge in [0.05, 0.1) is 6.10 Å². The Labute approximate surface area is 120 Å². The molecule has 1 fully saturated rings. The van der Waals surface area contributed by atoms with Crippen molar-refractivity contribution in [2.75, 3.05) is 6.54 Å². The predicted molar refractivity (Wildman–Crippen MR) is 79.0 cm³/mol. The van der Waals surface area contributed by atoms with Gasteiger partial charge in [-0.2, -0.15) is 0 Å². The molecule has 0 radical (unpaired) electrons. The quantitative estimate of drug-likeness (QED) is 0.891. The lowest BCUT2D eigenvalue weighted by Gasteiger charge is -2.39. The van der Waals surface area contributed by atoms with Crippen molar-refractivity contribution in [3.05, 3.63) is 34.9 Å². The zero-order valence-electron chi connectivity index (χ0n) is 11.6. The van der Waals surface area contributed by atoms with Crippen LogP contribution in [0.5, 0.6) is 0 Å². The standard InChI is InChI=1S/C15H23ClN2O/c1-11-4-3-5-12(2)18(11)17-10-15(19)13-6-8-14(16)9-7-13/h6-9,11-12,15,17,19H,3-5,10H2,1-2H3. The van der Waals surface area contributed by atoms with Gasteiger partial charge < -0.3 is 5.11 Å². The van der Waals surface area contributed by atoms with Crippen molar-refractivity contribution < 1.29 is 5.11 Å². The van der Waals surface area contributed by atoms with Crippen LogP contribution in [0.2, 0.25) is 5.02 Å². The normalized spacial score (nSPS) is 26.3. The Morgan fingerprint density at radius 2 is 1.84 bits per heavy atom. The van der Waals surface area contributed by atoms with E-state index in [2.05, 4.69) is 24.3 Å². The Morgan fingerprint density at radius 1 is 1.26 bits per heavy atom. The fourth-order valence-corrected chi connectivity index (χ4v) is 2.85. The molecule has 1 aromatic carbocycles. The predicted octanol–water partition coefficient (Wildman–Crippen LogP) is 3.14. The lowest BCUT2D eigenvalue weighted by molar-refractivity contribution is 0.0263. The van der Waals surface area contributed by atoms with Gasteiger partial charge in [-0.1, -0.05) is 30.2 Å². The smallest absolute Gasteiger partial charge is 0.0928 e. The van der Waals surface area contributed by atoms with E-state index in [1.165, 1.54) is 19.3 Å². The molecule has 1 aliphatic heterocycles. The van der Waals surface area contributed by atoms with E-state index in [1.54, 1.807) is 0 Å². The van der Waals surface area contributed by atoms with Crippen LogP contribution in [0, 0.1) is 0 Å². The lowest BCUT2D eigenvalue weighted by Crippen LogP contribution is -2.52. The van der Waals surface area contributed by atoms with Crippen LogP contribution in [0.1, 0.15) is 44.8 Å². The van der Waals surface area contributed by atoms with Gasteiger partial charge in [0.1, 0.15) is 0 Å². The second kappa shape index (κ2) is 6.71. The van der Waals surface area contributed by atoms with Crippen LogP contribution < -0.4 is 5.43 Å². The van der Waals surface area contributed by atoms with Crippen molar-refractivity contribution in [1.82, 2.24) is 10.4 Å². The third kappa shape index (κ3) is 3.93. The minimum Gasteiger partial charge on any atom is -0.387 e. The highest BCUT2D eigenvalue weighted by Crippen LogP contribution is 2.21. The van der Waals surface area contributed by atoms with E-state index in [-0.39, 0.29) is 0 Å². The number of aliphatic hydroxyl groups is 1. The highest BCUT2D eigenvalue weighted by Gasteiger charge is 2.24. The Bertz CT molecular complexity index is 386. The summed E-state index contributed by atoms with van der Waals surface area (Å²) in [4.78, 5) is 0. The van der Waals surface area contributed by atoms with E-state index in [1.807, 2.05) is 24.3 Å². The van der Waals surface area contributed by atoms with Gasteiger partial charge in [0.25, 0.3) is 0 Å². The van der Waals surface area contributed by atoms with E-state index in [4.69, 9.17) is 11.6 Å². The summed E-state index contributed by atoms with van der Waals surface area (Å²) in [5, 5.41) is 13.2. The third-order valence-corrected chi connectivity index (χ3v) is 4.17. The third-order valence-electron chi connectivity index (χ3n) is 3.92. The minimum atomic E-state index is -0.501. The number of nitrogens with zero attached hydrogens (tertiary/aromatic N) is 1. The molecule has 0 amide bonds. The average Bonchev–Trinajstić information content (AvgIpc) is 2.38. The van der Waals surface area contributed by atoms with Crippen LogP contribution in [-0.4, -0.2) is 28.7 Å². The monoisotopic (exact) mass is 282 g/mol. The lowest BCUT2D eigenvalue weighted by atomic mass is 10.00. The van der Waals surface area contributed by atoms with Crippen molar-refractivity contribution in [2.24, 2.45) is 0 Å². The first-order chi connectivity index (χ1) is 9.08. The van der Waals surface area contributed by atoms with Crippen LogP contribution in [-0.2, 0) is 0 Å². The Kier molecular flexibility index (Phi) is 5.22. The highest BCUT2D eigenvalue weighted by atomic mass is 35.5. The molecule has 2 N–H and O–H groups in total. The van der Waals surface area contributed by atoms with Gasteiger partial charge in [-0.05, 0) is 44.4 Å². The summed E-state index contributed by atoms with van der Waals surface area (Å²) in [6.07, 6.45) is 3.22. The van der Waals surface area contributed by atoms with E-state index in [0.29, 0.717) is 23.7 Å². The number of halogens is 1. The maximum absolute atomic E-state index is 10.2. The fourth-order valence-electron chi connectivity index (χ4n) is 2.73. The maximum Gasteiger partial charge on any atom is 0.0928 e. The number of hydrazine groups is 1. The molecule has 106 valence electrons. The molecule has 4 heteroatoms. The Morgan fingerprint density at radius 3 is 2.42 bits per heavy atom. The number of rotatable bonds is 4. The summed E-state index contributed by atoms with van der Waals surface area (Å²) in [5.74, 6) is 0. The van der Waals surface area contributed by atoms with E-state index < -0.39 is 6.10 Å². The molecule has 3 nitrogen and oxygen atoms in total. The zero-order chi connectivity index (χ0) is 13.8. The largest absolute Gasteiger partial charge is 0.387 e. The molecular formula is C15H23ClN2O. The van der Waals surface area contributed by atoms with Crippen LogP contribution in [0.3, 0.4) is 0 Å². The zero-order valence-corrected chi connectivity index (χ0v) is 12.4. The van der Waals surface area contributed by atoms with Crippen LogP contribution in [0.15, 0.2) is 24.3 Å². The molecule has 19 heavy (non-hydrogen) atoms. The highest BCUT2D eigenvalue weighted by molar-refractivity contribution is 6.30. The number of piperidine rings is 1. The number of nitrogens with one attached hydrogen (secondary N) is 1. The van der Waals surface area contributed by atoms with Crippen molar-refractivity contribution in [1.29, 1.82) is 0 Å². The molecule has 0 aromatic heterocycles. The topological polar surface area (TPSA) is 35.5 Å². The minimum absolute atomic E-state index is 0.501. The van der Waals surface area contributed by atoms with E-state index in [0.717, 1.165) is 5.56 Å². The second-order valence-electron chi connectivity index (χ2n) is 5.47. The number of aliphatic hydroxyl groups excluding tert-OH is 1. The van der Waals surface area contributed by atoms with Crippen LogP contribution in [0.4, 0.5) is 0 Å². The van der Waals surface area contributed by atoms with Gasteiger partial charge in [-0.15, -0.1) is 0 Å². The molecule has 1 aromatic rings. The van der Waals surface area contributed by atoms with Crippen molar-refractivity contribution in [3.63, 3.8) is 0 Å². The summed E-state index contributed by atoms with van der Waals surface area (Å²) in [6.45, 7) is 5.00. The van der Waals surface area contributed by atoms with Crippen molar-refractivity contribution in [2.45, 2.75) is 51.3 Å². The van der Waals surface area contributed by atoms with Gasteiger partial charge in [-0.25, -0.2) is 5.01 Å². The Balaban J connectivity index is 1.88. The summed E-state index contributed by atoms with van der Waals surface area (Å²) in [6, 6.07) is 8.43. The van der Waals surface area contributed by atoms with Crippen LogP contribution >= 0.6 is 11.6 Å². The van der Waals surface area contributed by atoms with Crippen LogP contribution in [0.25, 0.3) is 0 Å². The SMILES string of the molecule is CC1CCCC(C)N1NCC(O)c1ccc(Cl)cc1. The van der Waals surface area contributed by atoms with Gasteiger partial charge >= 0.3 is 0 Å². The first-order valence-corrected chi connectivity index (χ1v) is 7.41. The molecule has 1 saturated heterocycles. The van der Waals surface area contributed by atoms with E-state index >= 15 is 0 Å². The summed E-state index contributed by atoms with van der Waals surface area (Å²) in [7, 11) is 0. The summed E-state index contributed by atoms with van der Waals surface area (Å²) in [5.41, 5.74) is 4.28. The first kappa shape index (κ1) is 14.8. The molecule has 0 spiro atoms. The fraction of sp³-hybridized carbons (Fsp3) is 0.600. The molecule has 0 aliphatic carbocycles. The summed E-state index contributed by atoms with van der Waals surface area (Å²) >= 11 is 5.85. The second-order valence-corrected chi connectivity index (χ2v) is 5.90. The molecule has 2 rings (SSSR count). The summed E-state index contributed by atoms with van der Waals surface area (Å²) < 4.78 is 0. The van der Waals surface area contributed by atoms with Gasteiger partial charge in [0.2, 0.25) is 0 Å².